The summed E-state index contributed by atoms with van der Waals surface area (Å²) in [5.74, 6) is -0.0434. The molecule has 2 amide bonds. The topological polar surface area (TPSA) is 76.7 Å². The maximum absolute atomic E-state index is 12.8. The van der Waals surface area contributed by atoms with Crippen molar-refractivity contribution in [2.75, 3.05) is 20.3 Å². The van der Waals surface area contributed by atoms with Gasteiger partial charge in [0.15, 0.2) is 0 Å². The molecule has 1 unspecified atom stereocenters. The van der Waals surface area contributed by atoms with Crippen LogP contribution in [0.2, 0.25) is 0 Å². The molecule has 3 saturated carbocycles. The van der Waals surface area contributed by atoms with Gasteiger partial charge in [0.25, 0.3) is 5.91 Å². The van der Waals surface area contributed by atoms with E-state index in [1.54, 1.807) is 7.11 Å². The Hall–Kier alpha value is -1.14. The van der Waals surface area contributed by atoms with Crippen molar-refractivity contribution in [1.29, 1.82) is 0 Å². The molecule has 0 heterocycles. The van der Waals surface area contributed by atoms with Crippen LogP contribution >= 0.6 is 0 Å². The van der Waals surface area contributed by atoms with Gasteiger partial charge >= 0.3 is 0 Å². The van der Waals surface area contributed by atoms with Gasteiger partial charge in [0.1, 0.15) is 5.60 Å². The van der Waals surface area contributed by atoms with E-state index in [0.29, 0.717) is 13.2 Å². The van der Waals surface area contributed by atoms with Crippen molar-refractivity contribution >= 4 is 12.3 Å². The van der Waals surface area contributed by atoms with Crippen molar-refractivity contribution in [2.45, 2.75) is 96.8 Å². The summed E-state index contributed by atoms with van der Waals surface area (Å²) in [6, 6.07) is 0.152. The summed E-state index contributed by atoms with van der Waals surface area (Å²) in [6.07, 6.45) is 7.85. The first-order chi connectivity index (χ1) is 12.9. The van der Waals surface area contributed by atoms with E-state index in [4.69, 9.17) is 9.47 Å². The standard InChI is InChI=1S/C22H40N2O4/c1-19(2,27-6)9-7-8-10-28-20(3,4)18(26)24-17-11-21(5)13-22(12-17,14-21)15-23-16-25/h16-17H,7-15H2,1-6H3,(H,23,25)(H,24,26). The molecule has 0 aromatic rings. The third-order valence-corrected chi connectivity index (χ3v) is 6.65. The molecule has 3 aliphatic rings. The van der Waals surface area contributed by atoms with Gasteiger partial charge in [-0.15, -0.1) is 0 Å². The molecular formula is C22H40N2O4. The lowest BCUT2D eigenvalue weighted by Gasteiger charge is -2.62. The molecule has 0 spiro atoms. The SMILES string of the molecule is COC(C)(C)CCCCOC(C)(C)C(=O)NC1CC2(C)CC(CNC=O)(C1)C2. The van der Waals surface area contributed by atoms with E-state index >= 15 is 0 Å². The molecule has 28 heavy (non-hydrogen) atoms. The minimum Gasteiger partial charge on any atom is -0.379 e. The normalized spacial score (nSPS) is 29.7. The molecule has 3 rings (SSSR count). The van der Waals surface area contributed by atoms with Crippen molar-refractivity contribution in [3.05, 3.63) is 0 Å². The number of methoxy groups -OCH3 is 1. The fourth-order valence-electron chi connectivity index (χ4n) is 5.30. The molecule has 2 N–H and O–H groups in total. The number of nitrogens with one attached hydrogen (secondary N) is 2. The predicted molar refractivity (Wildman–Crippen MR) is 110 cm³/mol. The van der Waals surface area contributed by atoms with Crippen molar-refractivity contribution in [3.8, 4) is 0 Å². The third-order valence-electron chi connectivity index (χ3n) is 6.65. The monoisotopic (exact) mass is 396 g/mol. The summed E-state index contributed by atoms with van der Waals surface area (Å²) >= 11 is 0. The van der Waals surface area contributed by atoms with Gasteiger partial charge in [-0.3, -0.25) is 9.59 Å². The van der Waals surface area contributed by atoms with E-state index in [9.17, 15) is 9.59 Å². The molecule has 3 fully saturated rings. The summed E-state index contributed by atoms with van der Waals surface area (Å²) in [5, 5.41) is 6.07. The summed E-state index contributed by atoms with van der Waals surface area (Å²) < 4.78 is 11.4. The average Bonchev–Trinajstić information content (AvgIpc) is 2.58. The van der Waals surface area contributed by atoms with E-state index < -0.39 is 5.60 Å². The highest BCUT2D eigenvalue weighted by Crippen LogP contribution is 2.63. The summed E-state index contributed by atoms with van der Waals surface area (Å²) in [7, 11) is 1.73. The highest BCUT2D eigenvalue weighted by Gasteiger charge is 2.57. The average molecular weight is 397 g/mol. The molecule has 1 atom stereocenters. The summed E-state index contributed by atoms with van der Waals surface area (Å²) in [5.41, 5.74) is -0.530. The van der Waals surface area contributed by atoms with Crippen LogP contribution in [0.4, 0.5) is 0 Å². The first kappa shape index (κ1) is 23.1. The number of unbranched alkanes of at least 4 members (excludes halogenated alkanes) is 1. The largest absolute Gasteiger partial charge is 0.379 e. The molecule has 0 radical (unpaired) electrons. The van der Waals surface area contributed by atoms with Crippen LogP contribution in [0.1, 0.15) is 79.6 Å². The molecule has 3 aliphatic carbocycles. The number of fused-ring (bicyclic) bond motifs is 2. The highest BCUT2D eigenvalue weighted by molar-refractivity contribution is 5.84. The van der Waals surface area contributed by atoms with E-state index in [2.05, 4.69) is 31.4 Å². The van der Waals surface area contributed by atoms with Gasteiger partial charge in [-0.2, -0.15) is 0 Å². The van der Waals surface area contributed by atoms with Crippen molar-refractivity contribution in [3.63, 3.8) is 0 Å². The van der Waals surface area contributed by atoms with Crippen LogP contribution in [0.15, 0.2) is 0 Å². The van der Waals surface area contributed by atoms with Gasteiger partial charge in [-0.1, -0.05) is 6.92 Å². The Kier molecular flexibility index (Phi) is 7.19. The number of carbonyl (C=O) groups is 2. The molecule has 0 saturated heterocycles. The van der Waals surface area contributed by atoms with Crippen molar-refractivity contribution in [1.82, 2.24) is 10.6 Å². The first-order valence-corrected chi connectivity index (χ1v) is 10.6. The molecule has 2 bridgehead atoms. The van der Waals surface area contributed by atoms with Crippen LogP contribution in [-0.4, -0.2) is 49.8 Å². The van der Waals surface area contributed by atoms with Crippen molar-refractivity contribution < 1.29 is 19.1 Å². The number of rotatable bonds is 12. The molecule has 6 nitrogen and oxygen atoms in total. The molecule has 0 aromatic carbocycles. The Bertz CT molecular complexity index is 553. The van der Waals surface area contributed by atoms with E-state index in [-0.39, 0.29) is 28.4 Å². The number of amides is 2. The Morgan fingerprint density at radius 3 is 2.46 bits per heavy atom. The van der Waals surface area contributed by atoms with Gasteiger partial charge in [0.2, 0.25) is 6.41 Å². The quantitative estimate of drug-likeness (QED) is 0.392. The van der Waals surface area contributed by atoms with Crippen LogP contribution in [0.25, 0.3) is 0 Å². The second kappa shape index (κ2) is 8.70. The lowest BCUT2D eigenvalue weighted by Crippen LogP contribution is -2.61. The molecule has 162 valence electrons. The number of hydrogen-bond acceptors (Lipinski definition) is 4. The van der Waals surface area contributed by atoms with E-state index in [0.717, 1.165) is 51.4 Å². The maximum atomic E-state index is 12.8. The fraction of sp³-hybridized carbons (Fsp3) is 0.909. The first-order valence-electron chi connectivity index (χ1n) is 10.6. The second-order valence-electron chi connectivity index (χ2n) is 10.5. The highest BCUT2D eigenvalue weighted by atomic mass is 16.5. The Morgan fingerprint density at radius 2 is 1.86 bits per heavy atom. The van der Waals surface area contributed by atoms with Gasteiger partial charge in [-0.05, 0) is 83.5 Å². The van der Waals surface area contributed by atoms with Gasteiger partial charge in [0, 0.05) is 26.3 Å². The maximum Gasteiger partial charge on any atom is 0.251 e. The third kappa shape index (κ3) is 5.93. The predicted octanol–water partition coefficient (Wildman–Crippen LogP) is 3.19. The lowest BCUT2D eigenvalue weighted by molar-refractivity contribution is -0.148. The minimum atomic E-state index is -0.840. The smallest absolute Gasteiger partial charge is 0.251 e. The zero-order valence-electron chi connectivity index (χ0n) is 18.7. The number of ether oxygens (including phenoxy) is 2. The Balaban J connectivity index is 1.77. The summed E-state index contributed by atoms with van der Waals surface area (Å²) in [6.45, 7) is 11.4. The molecular weight excluding hydrogens is 356 g/mol. The number of carbonyl (C=O) groups excluding carboxylic acids is 2. The molecule has 6 heteroatoms. The minimum absolute atomic E-state index is 0.0434. The van der Waals surface area contributed by atoms with Gasteiger partial charge < -0.3 is 20.1 Å². The number of hydrogen-bond donors (Lipinski definition) is 2. The zero-order chi connectivity index (χ0) is 21.1. The zero-order valence-corrected chi connectivity index (χ0v) is 18.7. The van der Waals surface area contributed by atoms with Crippen LogP contribution < -0.4 is 10.6 Å². The molecule has 0 aliphatic heterocycles. The van der Waals surface area contributed by atoms with E-state index in [1.807, 2.05) is 13.8 Å². The van der Waals surface area contributed by atoms with Crippen LogP contribution in [0.5, 0.6) is 0 Å². The van der Waals surface area contributed by atoms with Crippen molar-refractivity contribution in [2.24, 2.45) is 10.8 Å². The van der Waals surface area contributed by atoms with Gasteiger partial charge in [0.05, 0.1) is 5.60 Å². The summed E-state index contributed by atoms with van der Waals surface area (Å²) in [4.78, 5) is 23.5. The van der Waals surface area contributed by atoms with Crippen LogP contribution in [-0.2, 0) is 19.1 Å². The van der Waals surface area contributed by atoms with Crippen LogP contribution in [0, 0.1) is 10.8 Å². The van der Waals surface area contributed by atoms with Gasteiger partial charge in [-0.25, -0.2) is 0 Å². The second-order valence-corrected chi connectivity index (χ2v) is 10.5. The lowest BCUT2D eigenvalue weighted by atomic mass is 9.45. The Morgan fingerprint density at radius 1 is 1.18 bits per heavy atom. The van der Waals surface area contributed by atoms with E-state index in [1.165, 1.54) is 0 Å². The van der Waals surface area contributed by atoms with Crippen LogP contribution in [0.3, 0.4) is 0 Å². The molecule has 0 aromatic heterocycles. The fourth-order valence-corrected chi connectivity index (χ4v) is 5.30. The Labute approximate surface area is 170 Å².